The third-order valence-electron chi connectivity index (χ3n) is 3.81. The number of thioether (sulfide) groups is 1. The van der Waals surface area contributed by atoms with Gasteiger partial charge in [0.25, 0.3) is 5.91 Å². The lowest BCUT2D eigenvalue weighted by atomic mass is 9.86. The number of carbonyl (C=O) groups excluding carboxylic acids is 2. The number of hydrogen-bond donors (Lipinski definition) is 1. The zero-order valence-electron chi connectivity index (χ0n) is 12.3. The Kier molecular flexibility index (Phi) is 5.61. The quantitative estimate of drug-likeness (QED) is 0.682. The molecule has 1 aliphatic rings. The maximum absolute atomic E-state index is 12.3. The molecule has 0 bridgehead atoms. The average molecular weight is 308 g/mol. The van der Waals surface area contributed by atoms with E-state index in [0.717, 1.165) is 30.7 Å². The second-order valence-electron chi connectivity index (χ2n) is 5.11. The van der Waals surface area contributed by atoms with Crippen molar-refractivity contribution < 1.29 is 14.3 Å². The topological polar surface area (TPSA) is 68.3 Å². The highest BCUT2D eigenvalue weighted by Gasteiger charge is 2.28. The Labute approximate surface area is 128 Å². The highest BCUT2D eigenvalue weighted by molar-refractivity contribution is 7.98. The number of amides is 1. The SMILES string of the molecule is COC(=O)C1CCC(NC(=O)c2cccnc2SC)CC1. The fraction of sp³-hybridized carbons (Fsp3) is 0.533. The molecule has 6 heteroatoms. The van der Waals surface area contributed by atoms with Crippen LogP contribution < -0.4 is 5.32 Å². The summed E-state index contributed by atoms with van der Waals surface area (Å²) < 4.78 is 4.77. The molecule has 5 nitrogen and oxygen atoms in total. The van der Waals surface area contributed by atoms with Crippen LogP contribution in [0.25, 0.3) is 0 Å². The molecule has 1 aromatic rings. The number of methoxy groups -OCH3 is 1. The molecule has 1 aliphatic carbocycles. The van der Waals surface area contributed by atoms with Gasteiger partial charge in [0.15, 0.2) is 0 Å². The maximum atomic E-state index is 12.3. The van der Waals surface area contributed by atoms with Crippen molar-refractivity contribution in [2.45, 2.75) is 36.8 Å². The van der Waals surface area contributed by atoms with E-state index in [1.807, 2.05) is 6.26 Å². The van der Waals surface area contributed by atoms with E-state index in [1.54, 1.807) is 18.3 Å². The third kappa shape index (κ3) is 3.97. The van der Waals surface area contributed by atoms with Crippen LogP contribution in [0.4, 0.5) is 0 Å². The Hall–Kier alpha value is -1.56. The van der Waals surface area contributed by atoms with Crippen molar-refractivity contribution in [1.82, 2.24) is 10.3 Å². The van der Waals surface area contributed by atoms with Gasteiger partial charge >= 0.3 is 5.97 Å². The number of ether oxygens (including phenoxy) is 1. The molecule has 0 unspecified atom stereocenters. The van der Waals surface area contributed by atoms with Crippen molar-refractivity contribution in [2.24, 2.45) is 5.92 Å². The van der Waals surface area contributed by atoms with Gasteiger partial charge in [-0.15, -0.1) is 11.8 Å². The highest BCUT2D eigenvalue weighted by Crippen LogP contribution is 2.26. The summed E-state index contributed by atoms with van der Waals surface area (Å²) in [6, 6.07) is 3.67. The van der Waals surface area contributed by atoms with Crippen LogP contribution in [0.3, 0.4) is 0 Å². The van der Waals surface area contributed by atoms with Gasteiger partial charge < -0.3 is 10.1 Å². The Bertz CT molecular complexity index is 513. The van der Waals surface area contributed by atoms with E-state index in [4.69, 9.17) is 4.74 Å². The first kappa shape index (κ1) is 15.8. The number of nitrogens with zero attached hydrogens (tertiary/aromatic N) is 1. The molecule has 114 valence electrons. The minimum Gasteiger partial charge on any atom is -0.469 e. The second-order valence-corrected chi connectivity index (χ2v) is 5.90. The Morgan fingerprint density at radius 2 is 2.05 bits per heavy atom. The maximum Gasteiger partial charge on any atom is 0.308 e. The van der Waals surface area contributed by atoms with Crippen LogP contribution in [0, 0.1) is 5.92 Å². The molecule has 0 aromatic carbocycles. The number of nitrogens with one attached hydrogen (secondary N) is 1. The first-order valence-corrected chi connectivity index (χ1v) is 8.26. The number of esters is 1. The van der Waals surface area contributed by atoms with Gasteiger partial charge in [-0.1, -0.05) is 0 Å². The van der Waals surface area contributed by atoms with Crippen molar-refractivity contribution in [1.29, 1.82) is 0 Å². The van der Waals surface area contributed by atoms with Gasteiger partial charge in [-0.05, 0) is 44.1 Å². The molecule has 1 heterocycles. The summed E-state index contributed by atoms with van der Waals surface area (Å²) in [7, 11) is 1.42. The van der Waals surface area contributed by atoms with Gasteiger partial charge in [0, 0.05) is 12.2 Å². The number of rotatable bonds is 4. The first-order valence-electron chi connectivity index (χ1n) is 7.03. The standard InChI is InChI=1S/C15H20N2O3S/c1-20-15(19)10-5-7-11(8-6-10)17-13(18)12-4-3-9-16-14(12)21-2/h3-4,9-11H,5-8H2,1-2H3,(H,17,18). The largest absolute Gasteiger partial charge is 0.469 e. The molecular formula is C15H20N2O3S. The highest BCUT2D eigenvalue weighted by atomic mass is 32.2. The normalized spacial score (nSPS) is 21.6. The summed E-state index contributed by atoms with van der Waals surface area (Å²) in [6.07, 6.45) is 6.73. The summed E-state index contributed by atoms with van der Waals surface area (Å²) in [4.78, 5) is 28.0. The van der Waals surface area contributed by atoms with Gasteiger partial charge in [0.1, 0.15) is 5.03 Å². The third-order valence-corrected chi connectivity index (χ3v) is 4.52. The molecule has 1 N–H and O–H groups in total. The molecule has 0 radical (unpaired) electrons. The molecule has 1 fully saturated rings. The summed E-state index contributed by atoms with van der Waals surface area (Å²) in [5.74, 6) is -0.256. The van der Waals surface area contributed by atoms with E-state index in [0.29, 0.717) is 5.56 Å². The van der Waals surface area contributed by atoms with Crippen LogP contribution in [0.5, 0.6) is 0 Å². The molecular weight excluding hydrogens is 288 g/mol. The van der Waals surface area contributed by atoms with Crippen molar-refractivity contribution >= 4 is 23.6 Å². The number of carbonyl (C=O) groups is 2. The fourth-order valence-electron chi connectivity index (χ4n) is 2.63. The molecule has 0 spiro atoms. The van der Waals surface area contributed by atoms with Crippen LogP contribution in [0.1, 0.15) is 36.0 Å². The number of hydrogen-bond acceptors (Lipinski definition) is 5. The number of aromatic nitrogens is 1. The molecule has 0 aliphatic heterocycles. The Morgan fingerprint density at radius 3 is 2.67 bits per heavy atom. The molecule has 0 saturated heterocycles. The van der Waals surface area contributed by atoms with E-state index in [9.17, 15) is 9.59 Å². The van der Waals surface area contributed by atoms with Crippen molar-refractivity contribution in [2.75, 3.05) is 13.4 Å². The van der Waals surface area contributed by atoms with E-state index in [1.165, 1.54) is 18.9 Å². The lowest BCUT2D eigenvalue weighted by Crippen LogP contribution is -2.39. The molecule has 1 amide bonds. The first-order chi connectivity index (χ1) is 10.2. The lowest BCUT2D eigenvalue weighted by molar-refractivity contribution is -0.146. The van der Waals surface area contributed by atoms with E-state index in [2.05, 4.69) is 10.3 Å². The van der Waals surface area contributed by atoms with Crippen molar-refractivity contribution in [3.05, 3.63) is 23.9 Å². The lowest BCUT2D eigenvalue weighted by Gasteiger charge is -2.27. The summed E-state index contributed by atoms with van der Waals surface area (Å²) >= 11 is 1.46. The summed E-state index contributed by atoms with van der Waals surface area (Å²) in [6.45, 7) is 0. The second kappa shape index (κ2) is 7.45. The van der Waals surface area contributed by atoms with Crippen LogP contribution in [0.2, 0.25) is 0 Å². The van der Waals surface area contributed by atoms with Crippen LogP contribution in [0.15, 0.2) is 23.4 Å². The van der Waals surface area contributed by atoms with Crippen LogP contribution >= 0.6 is 11.8 Å². The fourth-order valence-corrected chi connectivity index (χ4v) is 3.18. The van der Waals surface area contributed by atoms with Gasteiger partial charge in [0.05, 0.1) is 18.6 Å². The molecule has 21 heavy (non-hydrogen) atoms. The zero-order valence-corrected chi connectivity index (χ0v) is 13.1. The predicted octanol–water partition coefficient (Wildman–Crippen LogP) is 2.27. The minimum absolute atomic E-state index is 0.0247. The van der Waals surface area contributed by atoms with E-state index in [-0.39, 0.29) is 23.8 Å². The predicted molar refractivity (Wildman–Crippen MR) is 81.2 cm³/mol. The molecule has 0 atom stereocenters. The molecule has 1 aromatic heterocycles. The van der Waals surface area contributed by atoms with Crippen LogP contribution in [-0.2, 0) is 9.53 Å². The van der Waals surface area contributed by atoms with Gasteiger partial charge in [-0.3, -0.25) is 9.59 Å². The summed E-state index contributed by atoms with van der Waals surface area (Å²) in [5, 5.41) is 3.78. The van der Waals surface area contributed by atoms with Crippen molar-refractivity contribution in [3.63, 3.8) is 0 Å². The number of pyridine rings is 1. The van der Waals surface area contributed by atoms with Gasteiger partial charge in [0.2, 0.25) is 0 Å². The minimum atomic E-state index is -0.142. The van der Waals surface area contributed by atoms with E-state index >= 15 is 0 Å². The van der Waals surface area contributed by atoms with Crippen LogP contribution in [-0.4, -0.2) is 36.3 Å². The summed E-state index contributed by atoms with van der Waals surface area (Å²) in [5.41, 5.74) is 0.611. The van der Waals surface area contributed by atoms with E-state index < -0.39 is 0 Å². The van der Waals surface area contributed by atoms with Crippen molar-refractivity contribution in [3.8, 4) is 0 Å². The zero-order chi connectivity index (χ0) is 15.2. The Morgan fingerprint density at radius 1 is 1.33 bits per heavy atom. The Balaban J connectivity index is 1.91. The average Bonchev–Trinajstić information content (AvgIpc) is 2.54. The van der Waals surface area contributed by atoms with Gasteiger partial charge in [-0.2, -0.15) is 0 Å². The molecule has 1 saturated carbocycles. The van der Waals surface area contributed by atoms with Gasteiger partial charge in [-0.25, -0.2) is 4.98 Å². The molecule has 2 rings (SSSR count). The monoisotopic (exact) mass is 308 g/mol. The smallest absolute Gasteiger partial charge is 0.308 e.